The highest BCUT2D eigenvalue weighted by Gasteiger charge is 2.62. The third-order valence-electron chi connectivity index (χ3n) is 5.40. The summed E-state index contributed by atoms with van der Waals surface area (Å²) in [5, 5.41) is 0. The number of amides is 1. The summed E-state index contributed by atoms with van der Waals surface area (Å²) in [4.78, 5) is 16.7. The van der Waals surface area contributed by atoms with Gasteiger partial charge in [0.1, 0.15) is 5.60 Å². The van der Waals surface area contributed by atoms with Crippen LogP contribution in [0.5, 0.6) is 0 Å². The van der Waals surface area contributed by atoms with Crippen LogP contribution >= 0.6 is 0 Å². The summed E-state index contributed by atoms with van der Waals surface area (Å²) >= 11 is 0. The minimum Gasteiger partial charge on any atom is -0.444 e. The van der Waals surface area contributed by atoms with E-state index in [4.69, 9.17) is 4.74 Å². The maximum Gasteiger partial charge on any atom is 0.410 e. The second-order valence-electron chi connectivity index (χ2n) is 8.27. The Morgan fingerprint density at radius 1 is 1.30 bits per heavy atom. The van der Waals surface area contributed by atoms with Crippen molar-refractivity contribution in [1.29, 1.82) is 0 Å². The molecule has 1 amide bonds. The molecule has 20 heavy (non-hydrogen) atoms. The molecule has 0 radical (unpaired) electrons. The molecular formula is C16H28N2O2. The van der Waals surface area contributed by atoms with E-state index < -0.39 is 5.60 Å². The highest BCUT2D eigenvalue weighted by atomic mass is 16.6. The van der Waals surface area contributed by atoms with Gasteiger partial charge < -0.3 is 9.64 Å². The van der Waals surface area contributed by atoms with Crippen molar-refractivity contribution >= 4 is 6.09 Å². The predicted molar refractivity (Wildman–Crippen MR) is 78.5 cm³/mol. The lowest BCUT2D eigenvalue weighted by Gasteiger charge is -2.46. The molecule has 3 aliphatic rings. The summed E-state index contributed by atoms with van der Waals surface area (Å²) in [5.74, 6) is 1.53. The first-order valence-corrected chi connectivity index (χ1v) is 7.92. The minimum absolute atomic E-state index is 0.130. The molecule has 3 fully saturated rings. The van der Waals surface area contributed by atoms with Gasteiger partial charge in [-0.25, -0.2) is 4.79 Å². The molecule has 4 atom stereocenters. The number of fused-ring (bicyclic) bond motifs is 1. The van der Waals surface area contributed by atoms with Gasteiger partial charge >= 0.3 is 6.09 Å². The van der Waals surface area contributed by atoms with E-state index in [2.05, 4.69) is 18.7 Å². The largest absolute Gasteiger partial charge is 0.444 e. The third-order valence-corrected chi connectivity index (χ3v) is 5.40. The van der Waals surface area contributed by atoms with E-state index in [1.807, 2.05) is 25.7 Å². The minimum atomic E-state index is -0.390. The Bertz CT molecular complexity index is 417. The van der Waals surface area contributed by atoms with Crippen LogP contribution in [0.15, 0.2) is 0 Å². The first-order valence-electron chi connectivity index (χ1n) is 7.92. The van der Waals surface area contributed by atoms with Gasteiger partial charge in [0, 0.05) is 37.6 Å². The van der Waals surface area contributed by atoms with Gasteiger partial charge in [-0.05, 0) is 46.0 Å². The van der Waals surface area contributed by atoms with Gasteiger partial charge in [-0.1, -0.05) is 6.92 Å². The van der Waals surface area contributed by atoms with Crippen LogP contribution in [0, 0.1) is 17.3 Å². The molecule has 1 saturated carbocycles. The van der Waals surface area contributed by atoms with E-state index >= 15 is 0 Å². The molecule has 0 aromatic carbocycles. The molecule has 0 spiro atoms. The van der Waals surface area contributed by atoms with Gasteiger partial charge in [0.05, 0.1) is 0 Å². The van der Waals surface area contributed by atoms with Crippen LogP contribution < -0.4 is 0 Å². The van der Waals surface area contributed by atoms with Crippen molar-refractivity contribution in [2.24, 2.45) is 17.3 Å². The normalized spacial score (nSPS) is 40.2. The first kappa shape index (κ1) is 14.2. The highest BCUT2D eigenvalue weighted by molar-refractivity contribution is 5.69. The maximum atomic E-state index is 12.1. The fourth-order valence-electron chi connectivity index (χ4n) is 3.83. The Labute approximate surface area is 122 Å². The molecule has 2 aliphatic heterocycles. The van der Waals surface area contributed by atoms with Crippen molar-refractivity contribution in [1.82, 2.24) is 9.80 Å². The fraction of sp³-hybridized carbons (Fsp3) is 0.938. The number of likely N-dealkylation sites (tertiary alicyclic amines) is 2. The lowest BCUT2D eigenvalue weighted by Crippen LogP contribution is -2.55. The second-order valence-corrected chi connectivity index (χ2v) is 8.27. The van der Waals surface area contributed by atoms with Gasteiger partial charge in [-0.2, -0.15) is 0 Å². The molecule has 4 nitrogen and oxygen atoms in total. The molecule has 4 unspecified atom stereocenters. The maximum absolute atomic E-state index is 12.1. The summed E-state index contributed by atoms with van der Waals surface area (Å²) < 4.78 is 5.49. The SMILES string of the molecule is CC1CN(CC23CC2CN(C(=O)OC(C)(C)C)C3)C1C. The van der Waals surface area contributed by atoms with Crippen LogP contribution in [0.1, 0.15) is 41.0 Å². The molecular weight excluding hydrogens is 252 g/mol. The second kappa shape index (κ2) is 4.36. The number of nitrogens with zero attached hydrogens (tertiary/aromatic N) is 2. The molecule has 0 aromatic heterocycles. The Morgan fingerprint density at radius 2 is 2.00 bits per heavy atom. The van der Waals surface area contributed by atoms with Crippen molar-refractivity contribution in [3.63, 3.8) is 0 Å². The number of carbonyl (C=O) groups excluding carboxylic acids is 1. The van der Waals surface area contributed by atoms with Crippen LogP contribution in [0.4, 0.5) is 4.79 Å². The Balaban J connectivity index is 1.54. The van der Waals surface area contributed by atoms with Crippen molar-refractivity contribution in [3.8, 4) is 0 Å². The van der Waals surface area contributed by atoms with Gasteiger partial charge in [-0.3, -0.25) is 4.90 Å². The van der Waals surface area contributed by atoms with E-state index in [9.17, 15) is 4.79 Å². The lowest BCUT2D eigenvalue weighted by molar-refractivity contribution is 0.0104. The quantitative estimate of drug-likeness (QED) is 0.779. The number of hydrogen-bond acceptors (Lipinski definition) is 3. The molecule has 2 saturated heterocycles. The van der Waals surface area contributed by atoms with Gasteiger partial charge in [0.2, 0.25) is 0 Å². The van der Waals surface area contributed by atoms with E-state index in [1.165, 1.54) is 19.5 Å². The number of ether oxygens (including phenoxy) is 1. The lowest BCUT2D eigenvalue weighted by atomic mass is 9.89. The van der Waals surface area contributed by atoms with E-state index in [-0.39, 0.29) is 6.09 Å². The van der Waals surface area contributed by atoms with Crippen LogP contribution in [-0.2, 0) is 4.74 Å². The first-order chi connectivity index (χ1) is 9.20. The highest BCUT2D eigenvalue weighted by Crippen LogP contribution is 2.59. The summed E-state index contributed by atoms with van der Waals surface area (Å²) in [6, 6.07) is 0.709. The summed E-state index contributed by atoms with van der Waals surface area (Å²) in [5.41, 5.74) is -0.0102. The van der Waals surface area contributed by atoms with E-state index in [0.717, 1.165) is 19.0 Å². The average molecular weight is 280 g/mol. The molecule has 4 heteroatoms. The Morgan fingerprint density at radius 3 is 2.55 bits per heavy atom. The van der Waals surface area contributed by atoms with Crippen molar-refractivity contribution < 1.29 is 9.53 Å². The zero-order chi connectivity index (χ0) is 14.7. The zero-order valence-electron chi connectivity index (χ0n) is 13.5. The van der Waals surface area contributed by atoms with Gasteiger partial charge in [0.15, 0.2) is 0 Å². The number of hydrogen-bond donors (Lipinski definition) is 0. The molecule has 0 aromatic rings. The third kappa shape index (κ3) is 2.43. The monoisotopic (exact) mass is 280 g/mol. The number of carbonyl (C=O) groups is 1. The summed E-state index contributed by atoms with van der Waals surface area (Å²) in [6.45, 7) is 14.6. The summed E-state index contributed by atoms with van der Waals surface area (Å²) in [6.07, 6.45) is 1.17. The number of piperidine rings is 1. The molecule has 3 rings (SSSR count). The Kier molecular flexibility index (Phi) is 3.09. The van der Waals surface area contributed by atoms with E-state index in [1.54, 1.807) is 0 Å². The van der Waals surface area contributed by atoms with Gasteiger partial charge in [0.25, 0.3) is 0 Å². The molecule has 114 valence electrons. The van der Waals surface area contributed by atoms with Gasteiger partial charge in [-0.15, -0.1) is 0 Å². The smallest absolute Gasteiger partial charge is 0.410 e. The molecule has 0 N–H and O–H groups in total. The van der Waals surface area contributed by atoms with E-state index in [0.29, 0.717) is 17.4 Å². The molecule has 2 heterocycles. The Hall–Kier alpha value is -0.770. The standard InChI is InChI=1S/C16H28N2O2/c1-11-7-17(12(11)2)9-16-6-13(16)8-18(10-16)14(19)20-15(3,4)5/h11-13H,6-10H2,1-5H3. The van der Waals surface area contributed by atoms with Crippen molar-refractivity contribution in [2.45, 2.75) is 52.7 Å². The summed E-state index contributed by atoms with van der Waals surface area (Å²) in [7, 11) is 0. The van der Waals surface area contributed by atoms with Crippen LogP contribution in [-0.4, -0.2) is 53.7 Å². The van der Waals surface area contributed by atoms with Crippen LogP contribution in [0.3, 0.4) is 0 Å². The predicted octanol–water partition coefficient (Wildman–Crippen LogP) is 2.58. The van der Waals surface area contributed by atoms with Crippen molar-refractivity contribution in [3.05, 3.63) is 0 Å². The number of rotatable bonds is 2. The topological polar surface area (TPSA) is 32.8 Å². The van der Waals surface area contributed by atoms with Crippen LogP contribution in [0.2, 0.25) is 0 Å². The van der Waals surface area contributed by atoms with Crippen molar-refractivity contribution in [2.75, 3.05) is 26.2 Å². The molecule has 0 bridgehead atoms. The molecule has 1 aliphatic carbocycles. The zero-order valence-corrected chi connectivity index (χ0v) is 13.5. The van der Waals surface area contributed by atoms with Crippen LogP contribution in [0.25, 0.3) is 0 Å². The fourth-order valence-corrected chi connectivity index (χ4v) is 3.83. The average Bonchev–Trinajstić information content (AvgIpc) is 2.87.